The standard InChI is InChI=1S/C18H19N5O2/c1-11(2)23-17-6-5-14(7-15(17)16(8-19)21-23)22-10-13(9-20-22)18(24)25-12(3)4/h5-7,9-12H,1-4H3. The van der Waals surface area contributed by atoms with E-state index in [1.807, 2.05) is 36.7 Å². The molecule has 0 aliphatic heterocycles. The van der Waals surface area contributed by atoms with Crippen LogP contribution < -0.4 is 0 Å². The fraction of sp³-hybridized carbons (Fsp3) is 0.333. The first-order chi connectivity index (χ1) is 11.9. The van der Waals surface area contributed by atoms with Crippen LogP contribution in [0.25, 0.3) is 16.6 Å². The van der Waals surface area contributed by atoms with E-state index in [-0.39, 0.29) is 12.1 Å². The lowest BCUT2D eigenvalue weighted by molar-refractivity contribution is 0.0378. The molecule has 0 unspecified atom stereocenters. The molecule has 0 radical (unpaired) electrons. The quantitative estimate of drug-likeness (QED) is 0.682. The molecule has 0 aliphatic carbocycles. The van der Waals surface area contributed by atoms with E-state index in [2.05, 4.69) is 16.3 Å². The molecule has 0 aliphatic rings. The van der Waals surface area contributed by atoms with Crippen LogP contribution >= 0.6 is 0 Å². The SMILES string of the molecule is CC(C)OC(=O)c1cnn(-c2ccc3c(c2)c(C#N)nn3C(C)C)c1. The van der Waals surface area contributed by atoms with E-state index in [4.69, 9.17) is 4.74 Å². The summed E-state index contributed by atoms with van der Waals surface area (Å²) in [6, 6.07) is 7.93. The van der Waals surface area contributed by atoms with Gasteiger partial charge in [0, 0.05) is 17.6 Å². The van der Waals surface area contributed by atoms with Crippen molar-refractivity contribution in [1.82, 2.24) is 19.6 Å². The van der Waals surface area contributed by atoms with E-state index in [0.29, 0.717) is 11.3 Å². The second-order valence-electron chi connectivity index (χ2n) is 6.33. The summed E-state index contributed by atoms with van der Waals surface area (Å²) in [5, 5.41) is 18.7. The first kappa shape index (κ1) is 16.7. The second-order valence-corrected chi connectivity index (χ2v) is 6.33. The molecule has 2 aromatic heterocycles. The third kappa shape index (κ3) is 3.11. The lowest BCUT2D eigenvalue weighted by atomic mass is 10.2. The van der Waals surface area contributed by atoms with Crippen LogP contribution in [0.3, 0.4) is 0 Å². The molecule has 1 aromatic carbocycles. The number of aromatic nitrogens is 4. The summed E-state index contributed by atoms with van der Waals surface area (Å²) in [5.41, 5.74) is 2.39. The van der Waals surface area contributed by atoms with Gasteiger partial charge in [-0.25, -0.2) is 9.48 Å². The highest BCUT2D eigenvalue weighted by molar-refractivity contribution is 5.89. The molecule has 0 N–H and O–H groups in total. The zero-order chi connectivity index (χ0) is 18.1. The minimum atomic E-state index is -0.410. The predicted octanol–water partition coefficient (Wildman–Crippen LogP) is 3.24. The number of esters is 1. The number of carbonyl (C=O) groups is 1. The first-order valence-electron chi connectivity index (χ1n) is 8.09. The van der Waals surface area contributed by atoms with Gasteiger partial charge in [-0.3, -0.25) is 4.68 Å². The third-order valence-corrected chi connectivity index (χ3v) is 3.71. The lowest BCUT2D eigenvalue weighted by Crippen LogP contribution is -2.10. The topological polar surface area (TPSA) is 85.7 Å². The normalized spacial score (nSPS) is 11.2. The van der Waals surface area contributed by atoms with Crippen molar-refractivity contribution in [3.63, 3.8) is 0 Å². The van der Waals surface area contributed by atoms with E-state index < -0.39 is 5.97 Å². The van der Waals surface area contributed by atoms with E-state index in [1.54, 1.807) is 24.7 Å². The fourth-order valence-electron chi connectivity index (χ4n) is 2.60. The van der Waals surface area contributed by atoms with Crippen LogP contribution in [0.1, 0.15) is 49.8 Å². The molecule has 0 spiro atoms. The highest BCUT2D eigenvalue weighted by atomic mass is 16.5. The Morgan fingerprint density at radius 3 is 2.68 bits per heavy atom. The molecule has 3 aromatic rings. The van der Waals surface area contributed by atoms with Crippen molar-refractivity contribution in [2.75, 3.05) is 0 Å². The van der Waals surface area contributed by atoms with Gasteiger partial charge in [0.1, 0.15) is 6.07 Å². The molecule has 0 saturated carbocycles. The number of ether oxygens (including phenoxy) is 1. The molecule has 128 valence electrons. The summed E-state index contributed by atoms with van der Waals surface area (Å²) in [6.07, 6.45) is 2.90. The second kappa shape index (κ2) is 6.40. The van der Waals surface area contributed by atoms with Crippen LogP contribution in [-0.2, 0) is 4.74 Å². The molecular formula is C18H19N5O2. The van der Waals surface area contributed by atoms with E-state index >= 15 is 0 Å². The molecular weight excluding hydrogens is 318 g/mol. The largest absolute Gasteiger partial charge is 0.459 e. The third-order valence-electron chi connectivity index (χ3n) is 3.71. The van der Waals surface area contributed by atoms with Gasteiger partial charge in [0.15, 0.2) is 5.69 Å². The first-order valence-corrected chi connectivity index (χ1v) is 8.09. The van der Waals surface area contributed by atoms with Crippen molar-refractivity contribution in [3.05, 3.63) is 41.9 Å². The minimum Gasteiger partial charge on any atom is -0.459 e. The average molecular weight is 337 g/mol. The fourth-order valence-corrected chi connectivity index (χ4v) is 2.60. The predicted molar refractivity (Wildman–Crippen MR) is 92.5 cm³/mol. The Balaban J connectivity index is 2.02. The summed E-state index contributed by atoms with van der Waals surface area (Å²) < 4.78 is 8.59. The molecule has 0 saturated heterocycles. The number of nitriles is 1. The Kier molecular flexibility index (Phi) is 4.28. The van der Waals surface area contributed by atoms with Gasteiger partial charge in [-0.2, -0.15) is 15.5 Å². The van der Waals surface area contributed by atoms with Crippen LogP contribution in [0, 0.1) is 11.3 Å². The van der Waals surface area contributed by atoms with Gasteiger partial charge in [0.05, 0.1) is 29.1 Å². The van der Waals surface area contributed by atoms with Crippen LogP contribution in [0.15, 0.2) is 30.6 Å². The molecule has 0 atom stereocenters. The maximum absolute atomic E-state index is 12.0. The zero-order valence-electron chi connectivity index (χ0n) is 14.6. The maximum Gasteiger partial charge on any atom is 0.341 e. The van der Waals surface area contributed by atoms with Crippen LogP contribution in [-0.4, -0.2) is 31.6 Å². The van der Waals surface area contributed by atoms with Crippen molar-refractivity contribution in [2.24, 2.45) is 0 Å². The van der Waals surface area contributed by atoms with Gasteiger partial charge < -0.3 is 4.74 Å². The number of fused-ring (bicyclic) bond motifs is 1. The average Bonchev–Trinajstić information content (AvgIpc) is 3.18. The number of nitrogens with zero attached hydrogens (tertiary/aromatic N) is 5. The molecule has 3 rings (SSSR count). The van der Waals surface area contributed by atoms with Crippen LogP contribution in [0.5, 0.6) is 0 Å². The van der Waals surface area contributed by atoms with Gasteiger partial charge in [0.2, 0.25) is 0 Å². The van der Waals surface area contributed by atoms with Gasteiger partial charge in [0.25, 0.3) is 0 Å². The van der Waals surface area contributed by atoms with Gasteiger partial charge in [-0.05, 0) is 45.9 Å². The van der Waals surface area contributed by atoms with E-state index in [1.165, 1.54) is 6.20 Å². The highest BCUT2D eigenvalue weighted by Gasteiger charge is 2.15. The smallest absolute Gasteiger partial charge is 0.341 e. The number of benzene rings is 1. The van der Waals surface area contributed by atoms with Crippen LogP contribution in [0.4, 0.5) is 0 Å². The van der Waals surface area contributed by atoms with Gasteiger partial charge >= 0.3 is 5.97 Å². The summed E-state index contributed by atoms with van der Waals surface area (Å²) in [7, 11) is 0. The number of carbonyl (C=O) groups excluding carboxylic acids is 1. The molecule has 2 heterocycles. The maximum atomic E-state index is 12.0. The monoisotopic (exact) mass is 337 g/mol. The summed E-state index contributed by atoms with van der Waals surface area (Å²) in [4.78, 5) is 12.0. The number of hydrogen-bond donors (Lipinski definition) is 0. The van der Waals surface area contributed by atoms with E-state index in [0.717, 1.165) is 16.6 Å². The number of rotatable bonds is 4. The molecule has 7 nitrogen and oxygen atoms in total. The molecule has 0 bridgehead atoms. The molecule has 0 amide bonds. The Morgan fingerprint density at radius 2 is 2.04 bits per heavy atom. The molecule has 0 fully saturated rings. The minimum absolute atomic E-state index is 0.151. The van der Waals surface area contributed by atoms with Crippen molar-refractivity contribution in [1.29, 1.82) is 5.26 Å². The molecule has 7 heteroatoms. The van der Waals surface area contributed by atoms with E-state index in [9.17, 15) is 10.1 Å². The van der Waals surface area contributed by atoms with Crippen molar-refractivity contribution >= 4 is 16.9 Å². The van der Waals surface area contributed by atoms with Gasteiger partial charge in [-0.15, -0.1) is 0 Å². The Hall–Kier alpha value is -3.14. The lowest BCUT2D eigenvalue weighted by Gasteiger charge is -2.07. The van der Waals surface area contributed by atoms with Gasteiger partial charge in [-0.1, -0.05) is 0 Å². The zero-order valence-corrected chi connectivity index (χ0v) is 14.6. The Labute approximate surface area is 145 Å². The summed E-state index contributed by atoms with van der Waals surface area (Å²) in [6.45, 7) is 7.63. The van der Waals surface area contributed by atoms with Crippen LogP contribution in [0.2, 0.25) is 0 Å². The Morgan fingerprint density at radius 1 is 1.28 bits per heavy atom. The summed E-state index contributed by atoms with van der Waals surface area (Å²) in [5.74, 6) is -0.410. The Bertz CT molecular complexity index is 975. The van der Waals surface area contributed by atoms with Crippen molar-refractivity contribution < 1.29 is 9.53 Å². The number of hydrogen-bond acceptors (Lipinski definition) is 5. The summed E-state index contributed by atoms with van der Waals surface area (Å²) >= 11 is 0. The highest BCUT2D eigenvalue weighted by Crippen LogP contribution is 2.24. The van der Waals surface area contributed by atoms with Crippen molar-refractivity contribution in [3.8, 4) is 11.8 Å². The molecule has 25 heavy (non-hydrogen) atoms. The van der Waals surface area contributed by atoms with Crippen molar-refractivity contribution in [2.45, 2.75) is 39.8 Å².